The second-order valence-corrected chi connectivity index (χ2v) is 7.69. The maximum atomic E-state index is 12.5. The molecule has 1 aliphatic rings. The van der Waals surface area contributed by atoms with Crippen molar-refractivity contribution in [3.63, 3.8) is 0 Å². The molecule has 0 spiro atoms. The van der Waals surface area contributed by atoms with E-state index in [0.717, 1.165) is 29.5 Å². The zero-order valence-corrected chi connectivity index (χ0v) is 17.9. The van der Waals surface area contributed by atoms with E-state index in [4.69, 9.17) is 21.1 Å². The molecule has 0 fully saturated rings. The molecule has 0 amide bonds. The first kappa shape index (κ1) is 22.9. The van der Waals surface area contributed by atoms with Crippen molar-refractivity contribution in [2.24, 2.45) is 0 Å². The topological polar surface area (TPSA) is 79.6 Å². The van der Waals surface area contributed by atoms with Crippen LogP contribution in [-0.2, 0) is 19.1 Å². The van der Waals surface area contributed by atoms with E-state index in [1.54, 1.807) is 6.07 Å². The van der Waals surface area contributed by atoms with Gasteiger partial charge in [0.05, 0.1) is 18.9 Å². The highest BCUT2D eigenvalue weighted by Crippen LogP contribution is 2.48. The molecule has 0 saturated carbocycles. The molecule has 1 heterocycles. The lowest BCUT2D eigenvalue weighted by molar-refractivity contribution is -0.140. The number of esters is 2. The van der Waals surface area contributed by atoms with Gasteiger partial charge in [0.25, 0.3) is 0 Å². The van der Waals surface area contributed by atoms with Gasteiger partial charge in [0.1, 0.15) is 11.1 Å². The molecule has 2 rings (SSSR count). The van der Waals surface area contributed by atoms with E-state index in [1.807, 2.05) is 23.1 Å². The molecule has 1 aliphatic heterocycles. The maximum Gasteiger partial charge on any atom is 0.351 e. The van der Waals surface area contributed by atoms with Crippen molar-refractivity contribution < 1.29 is 19.1 Å². The largest absolute Gasteiger partial charge is 0.463 e. The van der Waals surface area contributed by atoms with Crippen LogP contribution in [0.2, 0.25) is 5.02 Å². The molecule has 8 heteroatoms. The Kier molecular flexibility index (Phi) is 9.10. The van der Waals surface area contributed by atoms with Crippen LogP contribution in [0.1, 0.15) is 32.6 Å². The first-order valence-corrected chi connectivity index (χ1v) is 10.6. The molecular formula is C21H23ClN2O4S. The van der Waals surface area contributed by atoms with E-state index in [1.165, 1.54) is 11.8 Å². The number of anilines is 1. The summed E-state index contributed by atoms with van der Waals surface area (Å²) < 4.78 is 10.1. The minimum absolute atomic E-state index is 0.0171. The Hall–Kier alpha value is -2.43. The lowest BCUT2D eigenvalue weighted by Crippen LogP contribution is -2.22. The second-order valence-electron chi connectivity index (χ2n) is 6.23. The van der Waals surface area contributed by atoms with Crippen LogP contribution in [0, 0.1) is 11.3 Å². The first-order chi connectivity index (χ1) is 14.0. The Morgan fingerprint density at radius 3 is 2.66 bits per heavy atom. The summed E-state index contributed by atoms with van der Waals surface area (Å²) in [5.41, 5.74) is 0.920. The molecule has 6 nitrogen and oxygen atoms in total. The lowest BCUT2D eigenvalue weighted by atomic mass is 10.2. The molecule has 0 saturated heterocycles. The Morgan fingerprint density at radius 2 is 2.00 bits per heavy atom. The van der Waals surface area contributed by atoms with Crippen molar-refractivity contribution in [2.45, 2.75) is 37.5 Å². The molecule has 0 aliphatic carbocycles. The minimum Gasteiger partial charge on any atom is -0.463 e. The van der Waals surface area contributed by atoms with E-state index >= 15 is 0 Å². The van der Waals surface area contributed by atoms with Gasteiger partial charge < -0.3 is 14.4 Å². The average Bonchev–Trinajstić information content (AvgIpc) is 3.06. The molecule has 0 bridgehead atoms. The van der Waals surface area contributed by atoms with Crippen LogP contribution in [0.25, 0.3) is 0 Å². The van der Waals surface area contributed by atoms with Gasteiger partial charge in [-0.2, -0.15) is 5.26 Å². The van der Waals surface area contributed by atoms with Crippen molar-refractivity contribution in [3.05, 3.63) is 46.5 Å². The van der Waals surface area contributed by atoms with E-state index in [9.17, 15) is 14.9 Å². The SMILES string of the molecule is C=CC(=O)OCCCCOC(=O)/C(C#N)=C1\Sc2cc(Cl)ccc2N1CCCC. The highest BCUT2D eigenvalue weighted by Gasteiger charge is 2.31. The highest BCUT2D eigenvalue weighted by atomic mass is 35.5. The van der Waals surface area contributed by atoms with Crippen LogP contribution in [0.3, 0.4) is 0 Å². The quantitative estimate of drug-likeness (QED) is 0.225. The maximum absolute atomic E-state index is 12.5. The molecule has 0 N–H and O–H groups in total. The van der Waals surface area contributed by atoms with Gasteiger partial charge in [-0.15, -0.1) is 0 Å². The number of hydrogen-bond donors (Lipinski definition) is 0. The zero-order valence-electron chi connectivity index (χ0n) is 16.3. The summed E-state index contributed by atoms with van der Waals surface area (Å²) in [6.45, 7) is 6.46. The van der Waals surface area contributed by atoms with Gasteiger partial charge in [0.15, 0.2) is 5.57 Å². The van der Waals surface area contributed by atoms with Gasteiger partial charge in [0, 0.05) is 22.5 Å². The number of carbonyl (C=O) groups is 2. The van der Waals surface area contributed by atoms with Crippen LogP contribution in [0.5, 0.6) is 0 Å². The van der Waals surface area contributed by atoms with Gasteiger partial charge in [-0.25, -0.2) is 9.59 Å². The normalized spacial score (nSPS) is 14.0. The van der Waals surface area contributed by atoms with Gasteiger partial charge in [-0.3, -0.25) is 0 Å². The summed E-state index contributed by atoms with van der Waals surface area (Å²) in [4.78, 5) is 26.4. The predicted octanol–water partition coefficient (Wildman–Crippen LogP) is 4.84. The fourth-order valence-electron chi connectivity index (χ4n) is 2.64. The Morgan fingerprint density at radius 1 is 1.28 bits per heavy atom. The number of nitriles is 1. The smallest absolute Gasteiger partial charge is 0.351 e. The van der Waals surface area contributed by atoms with Gasteiger partial charge in [0.2, 0.25) is 0 Å². The molecular weight excluding hydrogens is 412 g/mol. The summed E-state index contributed by atoms with van der Waals surface area (Å²) in [7, 11) is 0. The van der Waals surface area contributed by atoms with Crippen molar-refractivity contribution in [3.8, 4) is 6.07 Å². The van der Waals surface area contributed by atoms with E-state index in [-0.39, 0.29) is 18.8 Å². The summed E-state index contributed by atoms with van der Waals surface area (Å²) in [5.74, 6) is -1.14. The van der Waals surface area contributed by atoms with Crippen molar-refractivity contribution >= 4 is 41.0 Å². The third-order valence-electron chi connectivity index (χ3n) is 4.11. The summed E-state index contributed by atoms with van der Waals surface area (Å²) in [5, 5.41) is 10.8. The number of benzene rings is 1. The fourth-order valence-corrected chi connectivity index (χ4v) is 4.08. The number of carbonyl (C=O) groups excluding carboxylic acids is 2. The Bertz CT molecular complexity index is 848. The molecule has 1 aromatic carbocycles. The van der Waals surface area contributed by atoms with Gasteiger partial charge in [-0.05, 0) is 37.5 Å². The summed E-state index contributed by atoms with van der Waals surface area (Å²) >= 11 is 7.45. The van der Waals surface area contributed by atoms with Crippen molar-refractivity contribution in [1.29, 1.82) is 5.26 Å². The highest BCUT2D eigenvalue weighted by molar-refractivity contribution is 8.03. The molecule has 0 unspecified atom stereocenters. The van der Waals surface area contributed by atoms with Gasteiger partial charge in [-0.1, -0.05) is 43.3 Å². The minimum atomic E-state index is -0.654. The average molecular weight is 435 g/mol. The van der Waals surface area contributed by atoms with Crippen LogP contribution in [0.4, 0.5) is 5.69 Å². The molecule has 154 valence electrons. The zero-order chi connectivity index (χ0) is 21.2. The lowest BCUT2D eigenvalue weighted by Gasteiger charge is -2.21. The first-order valence-electron chi connectivity index (χ1n) is 9.37. The van der Waals surface area contributed by atoms with E-state index in [0.29, 0.717) is 29.4 Å². The third-order valence-corrected chi connectivity index (χ3v) is 5.51. The Balaban J connectivity index is 2.04. The number of rotatable bonds is 10. The molecule has 0 atom stereocenters. The Labute approximate surface area is 180 Å². The predicted molar refractivity (Wildman–Crippen MR) is 114 cm³/mol. The van der Waals surface area contributed by atoms with Crippen LogP contribution >= 0.6 is 23.4 Å². The number of halogens is 1. The second kappa shape index (κ2) is 11.5. The van der Waals surface area contributed by atoms with E-state index < -0.39 is 11.9 Å². The standard InChI is InChI=1S/C21H23ClN2O4S/c1-3-5-10-24-17-9-8-15(22)13-18(17)29-20(24)16(14-23)21(26)28-12-7-6-11-27-19(25)4-2/h4,8-9,13H,2-3,5-7,10-12H2,1H3/b20-16-. The third kappa shape index (κ3) is 6.28. The molecule has 0 aromatic heterocycles. The molecule has 0 radical (unpaired) electrons. The monoisotopic (exact) mass is 434 g/mol. The van der Waals surface area contributed by atoms with Crippen molar-refractivity contribution in [1.82, 2.24) is 0 Å². The number of unbranched alkanes of at least 4 members (excludes halogenated alkanes) is 2. The van der Waals surface area contributed by atoms with Crippen LogP contribution < -0.4 is 4.90 Å². The fraction of sp³-hybridized carbons (Fsp3) is 0.381. The molecule has 29 heavy (non-hydrogen) atoms. The van der Waals surface area contributed by atoms with Crippen LogP contribution in [-0.4, -0.2) is 31.7 Å². The number of thioether (sulfide) groups is 1. The van der Waals surface area contributed by atoms with Gasteiger partial charge >= 0.3 is 11.9 Å². The number of fused-ring (bicyclic) bond motifs is 1. The van der Waals surface area contributed by atoms with Crippen molar-refractivity contribution in [2.75, 3.05) is 24.7 Å². The summed E-state index contributed by atoms with van der Waals surface area (Å²) in [6, 6.07) is 7.53. The van der Waals surface area contributed by atoms with Crippen LogP contribution in [0.15, 0.2) is 46.4 Å². The number of hydrogen-bond acceptors (Lipinski definition) is 7. The molecule has 1 aromatic rings. The number of ether oxygens (including phenoxy) is 2. The van der Waals surface area contributed by atoms with E-state index in [2.05, 4.69) is 13.5 Å². The summed E-state index contributed by atoms with van der Waals surface area (Å²) in [6.07, 6.45) is 4.07. The number of nitrogens with zero attached hydrogens (tertiary/aromatic N) is 2.